The lowest BCUT2D eigenvalue weighted by Crippen LogP contribution is -2.40. The van der Waals surface area contributed by atoms with Gasteiger partial charge in [0.2, 0.25) is 0 Å². The van der Waals surface area contributed by atoms with Crippen LogP contribution in [0.15, 0.2) is 18.2 Å². The number of rotatable bonds is 6. The molecular formula is C13H19ClFNO. The van der Waals surface area contributed by atoms with Crippen LogP contribution in [0.2, 0.25) is 5.02 Å². The zero-order valence-corrected chi connectivity index (χ0v) is 11.3. The molecule has 0 aliphatic heterocycles. The number of hydrogen-bond acceptors (Lipinski definition) is 2. The summed E-state index contributed by atoms with van der Waals surface area (Å²) in [7, 11) is 0. The quantitative estimate of drug-likeness (QED) is 0.788. The second-order valence-electron chi connectivity index (χ2n) is 4.59. The number of halogens is 2. The van der Waals surface area contributed by atoms with Gasteiger partial charge in [-0.05, 0) is 38.5 Å². The van der Waals surface area contributed by atoms with E-state index in [2.05, 4.69) is 26.1 Å². The zero-order valence-electron chi connectivity index (χ0n) is 10.5. The Balaban J connectivity index is 2.36. The van der Waals surface area contributed by atoms with Crippen molar-refractivity contribution in [1.82, 2.24) is 5.32 Å². The van der Waals surface area contributed by atoms with Crippen molar-refractivity contribution in [2.75, 3.05) is 13.2 Å². The molecule has 96 valence electrons. The third kappa shape index (κ3) is 4.92. The Kier molecular flexibility index (Phi) is 5.22. The van der Waals surface area contributed by atoms with E-state index in [1.165, 1.54) is 12.1 Å². The minimum absolute atomic E-state index is 0.107. The Morgan fingerprint density at radius 1 is 1.41 bits per heavy atom. The van der Waals surface area contributed by atoms with Crippen LogP contribution in [0.4, 0.5) is 4.39 Å². The van der Waals surface area contributed by atoms with Gasteiger partial charge in [0, 0.05) is 12.1 Å². The highest BCUT2D eigenvalue weighted by Crippen LogP contribution is 2.24. The van der Waals surface area contributed by atoms with Crippen LogP contribution in [0.1, 0.15) is 27.2 Å². The Morgan fingerprint density at radius 3 is 2.71 bits per heavy atom. The molecule has 0 aliphatic carbocycles. The van der Waals surface area contributed by atoms with Gasteiger partial charge in [-0.25, -0.2) is 4.39 Å². The summed E-state index contributed by atoms with van der Waals surface area (Å²) in [6.07, 6.45) is 1.05. The average Bonchev–Trinajstić information content (AvgIpc) is 2.27. The molecular weight excluding hydrogens is 241 g/mol. The third-order valence-corrected chi connectivity index (χ3v) is 3.04. The molecule has 0 radical (unpaired) electrons. The van der Waals surface area contributed by atoms with E-state index < -0.39 is 0 Å². The van der Waals surface area contributed by atoms with E-state index >= 15 is 0 Å². The highest BCUT2D eigenvalue weighted by molar-refractivity contribution is 6.32. The predicted octanol–water partition coefficient (Wildman–Crippen LogP) is 3.64. The van der Waals surface area contributed by atoms with Crippen LogP contribution >= 0.6 is 11.6 Å². The van der Waals surface area contributed by atoms with Gasteiger partial charge in [0.25, 0.3) is 0 Å². The molecule has 0 spiro atoms. The lowest BCUT2D eigenvalue weighted by atomic mass is 10.0. The molecule has 0 unspecified atom stereocenters. The molecule has 0 saturated carbocycles. The van der Waals surface area contributed by atoms with Crippen molar-refractivity contribution in [3.8, 4) is 5.75 Å². The number of benzene rings is 1. The molecule has 2 nitrogen and oxygen atoms in total. The van der Waals surface area contributed by atoms with Crippen LogP contribution in [-0.2, 0) is 0 Å². The standard InChI is InChI=1S/C13H19ClFNO/c1-4-13(2,3)16-7-8-17-12-6-5-10(15)9-11(12)14/h5-6,9,16H,4,7-8H2,1-3H3. The Bertz CT molecular complexity index is 368. The topological polar surface area (TPSA) is 21.3 Å². The van der Waals surface area contributed by atoms with Crippen molar-refractivity contribution in [3.63, 3.8) is 0 Å². The second-order valence-corrected chi connectivity index (χ2v) is 4.99. The van der Waals surface area contributed by atoms with Gasteiger partial charge in [-0.15, -0.1) is 0 Å². The van der Waals surface area contributed by atoms with Gasteiger partial charge >= 0.3 is 0 Å². The average molecular weight is 260 g/mol. The first kappa shape index (κ1) is 14.3. The Morgan fingerprint density at radius 2 is 2.12 bits per heavy atom. The van der Waals surface area contributed by atoms with Crippen molar-refractivity contribution in [1.29, 1.82) is 0 Å². The van der Waals surface area contributed by atoms with E-state index in [4.69, 9.17) is 16.3 Å². The molecule has 0 aliphatic rings. The molecule has 1 N–H and O–H groups in total. The van der Waals surface area contributed by atoms with E-state index in [0.29, 0.717) is 17.4 Å². The largest absolute Gasteiger partial charge is 0.491 e. The van der Waals surface area contributed by atoms with E-state index in [0.717, 1.165) is 13.0 Å². The molecule has 1 aromatic carbocycles. The van der Waals surface area contributed by atoms with Gasteiger partial charge in [-0.1, -0.05) is 18.5 Å². The Hall–Kier alpha value is -0.800. The summed E-state index contributed by atoms with van der Waals surface area (Å²) >= 11 is 5.84. The lowest BCUT2D eigenvalue weighted by molar-refractivity contribution is 0.281. The van der Waals surface area contributed by atoms with Crippen LogP contribution in [0.3, 0.4) is 0 Å². The summed E-state index contributed by atoms with van der Waals surface area (Å²) < 4.78 is 18.3. The van der Waals surface area contributed by atoms with E-state index in [1.807, 2.05) is 0 Å². The van der Waals surface area contributed by atoms with Gasteiger partial charge < -0.3 is 10.1 Å². The normalized spacial score (nSPS) is 11.6. The summed E-state index contributed by atoms with van der Waals surface area (Å²) in [5.74, 6) is 0.164. The number of hydrogen-bond donors (Lipinski definition) is 1. The van der Waals surface area contributed by atoms with Crippen molar-refractivity contribution in [2.24, 2.45) is 0 Å². The van der Waals surface area contributed by atoms with Crippen LogP contribution in [-0.4, -0.2) is 18.7 Å². The van der Waals surface area contributed by atoms with Crippen LogP contribution in [0.25, 0.3) is 0 Å². The third-order valence-electron chi connectivity index (χ3n) is 2.74. The highest BCUT2D eigenvalue weighted by atomic mass is 35.5. The lowest BCUT2D eigenvalue weighted by Gasteiger charge is -2.24. The smallest absolute Gasteiger partial charge is 0.138 e. The zero-order chi connectivity index (χ0) is 12.9. The summed E-state index contributed by atoms with van der Waals surface area (Å²) in [4.78, 5) is 0. The van der Waals surface area contributed by atoms with Crippen LogP contribution in [0, 0.1) is 5.82 Å². The van der Waals surface area contributed by atoms with Crippen molar-refractivity contribution in [2.45, 2.75) is 32.7 Å². The first-order chi connectivity index (χ1) is 7.94. The second kappa shape index (κ2) is 6.22. The minimum Gasteiger partial charge on any atom is -0.491 e. The number of nitrogens with one attached hydrogen (secondary N) is 1. The summed E-state index contributed by atoms with van der Waals surface area (Å²) in [6.45, 7) is 7.64. The van der Waals surface area contributed by atoms with Crippen molar-refractivity contribution in [3.05, 3.63) is 29.0 Å². The fourth-order valence-corrected chi connectivity index (χ4v) is 1.49. The molecule has 1 aromatic rings. The molecule has 0 amide bonds. The molecule has 4 heteroatoms. The van der Waals surface area contributed by atoms with Gasteiger partial charge in [-0.2, -0.15) is 0 Å². The first-order valence-corrected chi connectivity index (χ1v) is 6.15. The molecule has 17 heavy (non-hydrogen) atoms. The maximum Gasteiger partial charge on any atom is 0.138 e. The van der Waals surface area contributed by atoms with Gasteiger partial charge in [0.05, 0.1) is 5.02 Å². The SMILES string of the molecule is CCC(C)(C)NCCOc1ccc(F)cc1Cl. The van der Waals surface area contributed by atoms with Crippen molar-refractivity contribution >= 4 is 11.6 Å². The van der Waals surface area contributed by atoms with Gasteiger partial charge in [-0.3, -0.25) is 0 Å². The van der Waals surface area contributed by atoms with Gasteiger partial charge in [0.1, 0.15) is 18.2 Å². The number of ether oxygens (including phenoxy) is 1. The maximum atomic E-state index is 12.8. The molecule has 0 fully saturated rings. The summed E-state index contributed by atoms with van der Waals surface area (Å²) in [5, 5.41) is 3.67. The van der Waals surface area contributed by atoms with Crippen LogP contribution < -0.4 is 10.1 Å². The van der Waals surface area contributed by atoms with Gasteiger partial charge in [0.15, 0.2) is 0 Å². The predicted molar refractivity (Wildman–Crippen MR) is 69.3 cm³/mol. The Labute approximate surface area is 107 Å². The summed E-state index contributed by atoms with van der Waals surface area (Å²) in [5.41, 5.74) is 0.107. The highest BCUT2D eigenvalue weighted by Gasteiger charge is 2.12. The molecule has 0 aromatic heterocycles. The first-order valence-electron chi connectivity index (χ1n) is 5.77. The molecule has 0 heterocycles. The maximum absolute atomic E-state index is 12.8. The molecule has 0 atom stereocenters. The van der Waals surface area contributed by atoms with Crippen molar-refractivity contribution < 1.29 is 9.13 Å². The van der Waals surface area contributed by atoms with E-state index in [9.17, 15) is 4.39 Å². The monoisotopic (exact) mass is 259 g/mol. The fraction of sp³-hybridized carbons (Fsp3) is 0.538. The molecule has 0 saturated heterocycles. The molecule has 0 bridgehead atoms. The van der Waals surface area contributed by atoms with E-state index in [-0.39, 0.29) is 11.4 Å². The van der Waals surface area contributed by atoms with Crippen LogP contribution in [0.5, 0.6) is 5.75 Å². The summed E-state index contributed by atoms with van der Waals surface area (Å²) in [6, 6.07) is 4.13. The van der Waals surface area contributed by atoms with E-state index in [1.54, 1.807) is 6.07 Å². The minimum atomic E-state index is -0.354. The molecule has 1 rings (SSSR count). The fourth-order valence-electron chi connectivity index (χ4n) is 1.27.